The van der Waals surface area contributed by atoms with Gasteiger partial charge in [-0.15, -0.1) is 0 Å². The number of ketones is 1. The molecule has 1 fully saturated rings. The van der Waals surface area contributed by atoms with Gasteiger partial charge in [-0.1, -0.05) is 24.3 Å². The smallest absolute Gasteiger partial charge is 0.407 e. The van der Waals surface area contributed by atoms with E-state index in [4.69, 9.17) is 9.31 Å². The van der Waals surface area contributed by atoms with Crippen LogP contribution in [-0.4, -0.2) is 26.1 Å². The largest absolute Gasteiger partial charge is 0.493 e. The predicted molar refractivity (Wildman–Crippen MR) is 58.4 cm³/mol. The van der Waals surface area contributed by atoms with Gasteiger partial charge < -0.3 is 9.31 Å². The van der Waals surface area contributed by atoms with Crippen molar-refractivity contribution in [3.05, 3.63) is 29.8 Å². The van der Waals surface area contributed by atoms with E-state index in [1.54, 1.807) is 19.1 Å². The van der Waals surface area contributed by atoms with Crippen molar-refractivity contribution in [3.63, 3.8) is 0 Å². The topological polar surface area (TPSA) is 35.5 Å². The number of carbonyl (C=O) groups excluding carboxylic acids is 1. The molecule has 0 radical (unpaired) electrons. The van der Waals surface area contributed by atoms with Gasteiger partial charge in [-0.05, 0) is 18.8 Å². The molecule has 0 aliphatic carbocycles. The molecule has 0 atom stereocenters. The van der Waals surface area contributed by atoms with Gasteiger partial charge in [0, 0.05) is 18.8 Å². The minimum Gasteiger partial charge on any atom is -0.407 e. The van der Waals surface area contributed by atoms with Crippen LogP contribution in [0.25, 0.3) is 0 Å². The molecule has 1 heterocycles. The fraction of sp³-hybridized carbons (Fsp3) is 0.364. The highest BCUT2D eigenvalue weighted by molar-refractivity contribution is 6.61. The lowest BCUT2D eigenvalue weighted by molar-refractivity contribution is 0.101. The molecule has 1 aliphatic heterocycles. The van der Waals surface area contributed by atoms with E-state index < -0.39 is 0 Å². The van der Waals surface area contributed by atoms with E-state index in [0.29, 0.717) is 0 Å². The van der Waals surface area contributed by atoms with Gasteiger partial charge in [0.05, 0.1) is 0 Å². The molecule has 0 amide bonds. The van der Waals surface area contributed by atoms with E-state index in [1.165, 1.54) is 0 Å². The molecule has 0 saturated carbocycles. The molecular formula is C11H13BO3. The van der Waals surface area contributed by atoms with Crippen LogP contribution in [0.5, 0.6) is 0 Å². The van der Waals surface area contributed by atoms with Crippen LogP contribution in [0.4, 0.5) is 0 Å². The van der Waals surface area contributed by atoms with E-state index in [9.17, 15) is 4.79 Å². The lowest BCUT2D eigenvalue weighted by Crippen LogP contribution is -2.40. The Kier molecular flexibility index (Phi) is 3.19. The number of hydrogen-bond donors (Lipinski definition) is 0. The van der Waals surface area contributed by atoms with Crippen LogP contribution in [0.15, 0.2) is 24.3 Å². The van der Waals surface area contributed by atoms with Gasteiger partial charge in [-0.25, -0.2) is 0 Å². The molecule has 1 aromatic rings. The van der Waals surface area contributed by atoms with Crippen molar-refractivity contribution in [2.75, 3.05) is 13.2 Å². The fourth-order valence-corrected chi connectivity index (χ4v) is 1.56. The summed E-state index contributed by atoms with van der Waals surface area (Å²) in [5, 5.41) is 0. The summed E-state index contributed by atoms with van der Waals surface area (Å²) in [6, 6.07) is 7.37. The van der Waals surface area contributed by atoms with Crippen LogP contribution in [0, 0.1) is 0 Å². The van der Waals surface area contributed by atoms with Crippen LogP contribution >= 0.6 is 0 Å². The van der Waals surface area contributed by atoms with Crippen molar-refractivity contribution in [1.29, 1.82) is 0 Å². The quantitative estimate of drug-likeness (QED) is 0.532. The summed E-state index contributed by atoms with van der Waals surface area (Å²) in [5.74, 6) is 0.0760. The van der Waals surface area contributed by atoms with Gasteiger partial charge in [0.2, 0.25) is 0 Å². The maximum Gasteiger partial charge on any atom is 0.493 e. The number of hydrogen-bond acceptors (Lipinski definition) is 3. The van der Waals surface area contributed by atoms with Gasteiger partial charge >= 0.3 is 7.12 Å². The SMILES string of the molecule is CC(=O)c1ccc(B2OCCCO2)cc1. The van der Waals surface area contributed by atoms with Gasteiger partial charge in [0.1, 0.15) is 0 Å². The summed E-state index contributed by atoms with van der Waals surface area (Å²) >= 11 is 0. The van der Waals surface area contributed by atoms with Crippen molar-refractivity contribution < 1.29 is 14.1 Å². The van der Waals surface area contributed by atoms with Crippen LogP contribution < -0.4 is 5.46 Å². The Morgan fingerprint density at radius 1 is 1.20 bits per heavy atom. The van der Waals surface area contributed by atoms with Crippen molar-refractivity contribution in [1.82, 2.24) is 0 Å². The molecule has 0 N–H and O–H groups in total. The predicted octanol–water partition coefficient (Wildman–Crippen LogP) is 1.02. The summed E-state index contributed by atoms with van der Waals surface area (Å²) in [6.07, 6.45) is 0.946. The van der Waals surface area contributed by atoms with E-state index in [-0.39, 0.29) is 12.9 Å². The second-order valence-corrected chi connectivity index (χ2v) is 3.61. The normalized spacial score (nSPS) is 16.5. The zero-order valence-corrected chi connectivity index (χ0v) is 8.73. The lowest BCUT2D eigenvalue weighted by atomic mass is 9.77. The Balaban J connectivity index is 2.11. The van der Waals surface area contributed by atoms with Crippen molar-refractivity contribution in [2.24, 2.45) is 0 Å². The van der Waals surface area contributed by atoms with E-state index >= 15 is 0 Å². The van der Waals surface area contributed by atoms with Crippen LogP contribution in [0.3, 0.4) is 0 Å². The zero-order valence-electron chi connectivity index (χ0n) is 8.73. The Labute approximate surface area is 89.5 Å². The molecule has 4 heteroatoms. The molecule has 2 rings (SSSR count). The average Bonchev–Trinajstić information content (AvgIpc) is 2.30. The second kappa shape index (κ2) is 4.60. The van der Waals surface area contributed by atoms with Crippen molar-refractivity contribution in [2.45, 2.75) is 13.3 Å². The molecule has 3 nitrogen and oxygen atoms in total. The average molecular weight is 204 g/mol. The molecule has 0 bridgehead atoms. The molecule has 0 spiro atoms. The Hall–Kier alpha value is -1.13. The first-order chi connectivity index (χ1) is 7.27. The summed E-state index contributed by atoms with van der Waals surface area (Å²) in [4.78, 5) is 11.1. The Morgan fingerprint density at radius 2 is 1.80 bits per heavy atom. The van der Waals surface area contributed by atoms with Crippen LogP contribution in [0.2, 0.25) is 0 Å². The van der Waals surface area contributed by atoms with Crippen molar-refractivity contribution >= 4 is 18.4 Å². The molecule has 0 unspecified atom stereocenters. The monoisotopic (exact) mass is 204 g/mol. The highest BCUT2D eigenvalue weighted by atomic mass is 16.6. The second-order valence-electron chi connectivity index (χ2n) is 3.61. The maximum atomic E-state index is 11.1. The Morgan fingerprint density at radius 3 is 2.33 bits per heavy atom. The van der Waals surface area contributed by atoms with Gasteiger partial charge in [0.15, 0.2) is 5.78 Å². The number of benzene rings is 1. The minimum absolute atomic E-state index is 0.0760. The van der Waals surface area contributed by atoms with E-state index in [2.05, 4.69) is 0 Å². The molecule has 1 saturated heterocycles. The van der Waals surface area contributed by atoms with Crippen molar-refractivity contribution in [3.8, 4) is 0 Å². The molecular weight excluding hydrogens is 191 g/mol. The third-order valence-corrected chi connectivity index (χ3v) is 2.42. The standard InChI is InChI=1S/C11H13BO3/c1-9(13)10-3-5-11(6-4-10)12-14-7-2-8-15-12/h3-6H,2,7-8H2,1H3. The Bertz CT molecular complexity index is 341. The third kappa shape index (κ3) is 2.46. The molecule has 1 aromatic carbocycles. The molecule has 1 aliphatic rings. The van der Waals surface area contributed by atoms with Gasteiger partial charge in [-0.2, -0.15) is 0 Å². The first kappa shape index (κ1) is 10.4. The summed E-state index contributed by atoms with van der Waals surface area (Å²) in [6.45, 7) is 3.03. The van der Waals surface area contributed by atoms with E-state index in [0.717, 1.165) is 30.7 Å². The number of rotatable bonds is 2. The summed E-state index contributed by atoms with van der Waals surface area (Å²) in [7, 11) is -0.264. The maximum absolute atomic E-state index is 11.1. The third-order valence-electron chi connectivity index (χ3n) is 2.42. The summed E-state index contributed by atoms with van der Waals surface area (Å²) < 4.78 is 10.9. The zero-order chi connectivity index (χ0) is 10.7. The van der Waals surface area contributed by atoms with E-state index in [1.807, 2.05) is 12.1 Å². The first-order valence-electron chi connectivity index (χ1n) is 5.11. The lowest BCUT2D eigenvalue weighted by Gasteiger charge is -2.19. The molecule has 78 valence electrons. The summed E-state index contributed by atoms with van der Waals surface area (Å²) in [5.41, 5.74) is 1.69. The highest BCUT2D eigenvalue weighted by Crippen LogP contribution is 2.04. The van der Waals surface area contributed by atoms with Crippen LogP contribution in [0.1, 0.15) is 23.7 Å². The number of carbonyl (C=O) groups is 1. The first-order valence-corrected chi connectivity index (χ1v) is 5.11. The fourth-order valence-electron chi connectivity index (χ4n) is 1.56. The highest BCUT2D eigenvalue weighted by Gasteiger charge is 2.23. The van der Waals surface area contributed by atoms with Gasteiger partial charge in [-0.3, -0.25) is 4.79 Å². The van der Waals surface area contributed by atoms with Crippen LogP contribution in [-0.2, 0) is 9.31 Å². The molecule has 0 aromatic heterocycles. The minimum atomic E-state index is -0.264. The molecule has 15 heavy (non-hydrogen) atoms. The number of Topliss-reactive ketones (excluding diaryl/α,β-unsaturated/α-hetero) is 1. The van der Waals surface area contributed by atoms with Gasteiger partial charge in [0.25, 0.3) is 0 Å².